The van der Waals surface area contributed by atoms with E-state index in [0.29, 0.717) is 114 Å². The van der Waals surface area contributed by atoms with Gasteiger partial charge in [-0.3, -0.25) is 33.9 Å². The van der Waals surface area contributed by atoms with Crippen molar-refractivity contribution in [3.05, 3.63) is 83.0 Å². The number of primary amides is 2. The summed E-state index contributed by atoms with van der Waals surface area (Å²) < 4.78 is 29.6. The Hall–Kier alpha value is -7.98. The van der Waals surface area contributed by atoms with Crippen LogP contribution in [0, 0.1) is 13.8 Å². The van der Waals surface area contributed by atoms with E-state index in [-0.39, 0.29) is 49.8 Å². The van der Waals surface area contributed by atoms with Crippen LogP contribution < -0.4 is 31.6 Å². The van der Waals surface area contributed by atoms with Crippen LogP contribution >= 0.6 is 0 Å². The number of imidazole rings is 1. The van der Waals surface area contributed by atoms with Gasteiger partial charge in [0.05, 0.1) is 42.7 Å². The maximum atomic E-state index is 13.9. The number of hydrogen-bond donors (Lipinski definition) is 4. The predicted octanol–water partition coefficient (Wildman–Crippen LogP) is 4.65. The van der Waals surface area contributed by atoms with Crippen molar-refractivity contribution in [2.75, 3.05) is 52.4 Å². The number of fused-ring (bicyclic) bond motifs is 4. The molecule has 0 spiro atoms. The molecule has 0 aliphatic heterocycles. The number of aryl methyl sites for hydroxylation is 4. The van der Waals surface area contributed by atoms with Gasteiger partial charge in [-0.05, 0) is 90.0 Å². The first-order valence-corrected chi connectivity index (χ1v) is 23.4. The fourth-order valence-corrected chi connectivity index (χ4v) is 8.22. The van der Waals surface area contributed by atoms with Crippen molar-refractivity contribution in [1.29, 1.82) is 0 Å². The lowest BCUT2D eigenvalue weighted by atomic mass is 10.1. The van der Waals surface area contributed by atoms with Crippen LogP contribution in [0.1, 0.15) is 82.1 Å². The molecule has 0 bridgehead atoms. The number of aromatic nitrogens is 9. The summed E-state index contributed by atoms with van der Waals surface area (Å²) in [7, 11) is 2.78. The summed E-state index contributed by atoms with van der Waals surface area (Å²) in [6.45, 7) is 11.1. The first-order chi connectivity index (χ1) is 34.3. The fraction of sp³-hybridized carbons (Fsp3) is 0.388. The van der Waals surface area contributed by atoms with Crippen LogP contribution in [0.4, 0.5) is 5.95 Å². The number of benzene rings is 2. The minimum Gasteiger partial charge on any atom is -0.491 e. The van der Waals surface area contributed by atoms with Gasteiger partial charge in [-0.25, -0.2) is 19.7 Å². The number of Topliss-reactive ketones (excluding diaryl/α,β-unsaturated/α-hetero) is 1. The molecule has 7 aromatic rings. The van der Waals surface area contributed by atoms with Crippen molar-refractivity contribution in [2.45, 2.75) is 79.6 Å². The zero-order valence-corrected chi connectivity index (χ0v) is 40.7. The van der Waals surface area contributed by atoms with Crippen LogP contribution in [-0.4, -0.2) is 120 Å². The number of esters is 1. The zero-order chi connectivity index (χ0) is 50.8. The quantitative estimate of drug-likeness (QED) is 0.0249. The Morgan fingerprint density at radius 1 is 0.718 bits per heavy atom. The van der Waals surface area contributed by atoms with Crippen LogP contribution in [0.3, 0.4) is 0 Å². The molecule has 0 saturated carbocycles. The third-order valence-corrected chi connectivity index (χ3v) is 11.5. The van der Waals surface area contributed by atoms with E-state index in [2.05, 4.69) is 25.6 Å². The first-order valence-electron chi connectivity index (χ1n) is 23.4. The molecule has 2 aromatic carbocycles. The monoisotopic (exact) mass is 973 g/mol. The van der Waals surface area contributed by atoms with E-state index in [4.69, 9.17) is 40.6 Å². The van der Waals surface area contributed by atoms with Crippen LogP contribution in [0.2, 0.25) is 0 Å². The van der Waals surface area contributed by atoms with Gasteiger partial charge in [-0.1, -0.05) is 12.2 Å². The number of hydrogen-bond acceptors (Lipinski definition) is 15. The van der Waals surface area contributed by atoms with E-state index in [1.165, 1.54) is 7.11 Å². The maximum Gasteiger partial charge on any atom is 0.374 e. The minimum atomic E-state index is -0.857. The SMILES string of the molecule is CCn1nc(C)cc1C(=O)Nc1nc2cc(C(N)=O)cc(OCCCOC)c2n1C/C=C/Cn1c2nc(-c3cc(C)nn3CC)ncc2c2cc(C(N)=O)cc(OCCCNCCCC(=O)C(=O)OC)c21. The normalized spacial score (nSPS) is 11.6. The molecule has 5 heterocycles. The fourth-order valence-electron chi connectivity index (χ4n) is 8.22. The van der Waals surface area contributed by atoms with Gasteiger partial charge in [-0.15, -0.1) is 0 Å². The molecular weight excluding hydrogens is 915 g/mol. The highest BCUT2D eigenvalue weighted by atomic mass is 16.5. The highest BCUT2D eigenvalue weighted by Gasteiger charge is 2.24. The van der Waals surface area contributed by atoms with E-state index in [1.54, 1.807) is 52.9 Å². The molecule has 7 rings (SSSR count). The van der Waals surface area contributed by atoms with Crippen molar-refractivity contribution in [2.24, 2.45) is 11.5 Å². The van der Waals surface area contributed by atoms with Crippen molar-refractivity contribution in [3.8, 4) is 23.0 Å². The van der Waals surface area contributed by atoms with Crippen molar-refractivity contribution in [3.63, 3.8) is 0 Å². The lowest BCUT2D eigenvalue weighted by molar-refractivity contribution is -0.151. The van der Waals surface area contributed by atoms with E-state index < -0.39 is 29.5 Å². The molecule has 3 amide bonds. The van der Waals surface area contributed by atoms with Gasteiger partial charge < -0.3 is 44.9 Å². The number of nitrogens with two attached hydrogens (primary N) is 2. The number of rotatable bonds is 26. The number of allylic oxidation sites excluding steroid dienone is 2. The van der Waals surface area contributed by atoms with Gasteiger partial charge >= 0.3 is 5.97 Å². The Balaban J connectivity index is 1.27. The average Bonchev–Trinajstić information content (AvgIpc) is 4.12. The van der Waals surface area contributed by atoms with E-state index in [1.807, 2.05) is 55.2 Å². The highest BCUT2D eigenvalue weighted by molar-refractivity contribution is 6.33. The third-order valence-electron chi connectivity index (χ3n) is 11.5. The molecule has 0 atom stereocenters. The van der Waals surface area contributed by atoms with Crippen LogP contribution in [0.15, 0.2) is 54.7 Å². The van der Waals surface area contributed by atoms with Gasteiger partial charge in [-0.2, -0.15) is 10.2 Å². The highest BCUT2D eigenvalue weighted by Crippen LogP contribution is 2.37. The molecule has 0 fully saturated rings. The predicted molar refractivity (Wildman–Crippen MR) is 264 cm³/mol. The van der Waals surface area contributed by atoms with Gasteiger partial charge in [0, 0.05) is 80.8 Å². The van der Waals surface area contributed by atoms with E-state index in [9.17, 15) is 24.0 Å². The number of carbonyl (C=O) groups excluding carboxylic acids is 5. The van der Waals surface area contributed by atoms with E-state index >= 15 is 0 Å². The van der Waals surface area contributed by atoms with E-state index in [0.717, 1.165) is 11.4 Å². The molecule has 0 saturated heterocycles. The van der Waals surface area contributed by atoms with Gasteiger partial charge in [0.25, 0.3) is 5.91 Å². The second-order valence-electron chi connectivity index (χ2n) is 16.6. The molecule has 6 N–H and O–H groups in total. The number of nitrogens with one attached hydrogen (secondary N) is 2. The largest absolute Gasteiger partial charge is 0.491 e. The number of nitrogens with zero attached hydrogens (tertiary/aromatic N) is 9. The maximum absolute atomic E-state index is 13.9. The summed E-state index contributed by atoms with van der Waals surface area (Å²) in [5.41, 5.74) is 16.7. The Bertz CT molecular complexity index is 3140. The number of methoxy groups -OCH3 is 2. The molecule has 71 heavy (non-hydrogen) atoms. The Morgan fingerprint density at radius 3 is 2.06 bits per heavy atom. The third kappa shape index (κ3) is 11.6. The lowest BCUT2D eigenvalue weighted by Gasteiger charge is -2.13. The molecule has 0 unspecified atom stereocenters. The average molecular weight is 974 g/mol. The molecule has 0 aliphatic rings. The smallest absolute Gasteiger partial charge is 0.374 e. The molecule has 0 aliphatic carbocycles. The molecule has 22 nitrogen and oxygen atoms in total. The summed E-state index contributed by atoms with van der Waals surface area (Å²) in [5.74, 6) is -1.81. The molecule has 5 aromatic heterocycles. The van der Waals surface area contributed by atoms with Crippen LogP contribution in [-0.2, 0) is 45.2 Å². The molecular formula is C49H59N13O9. The summed E-state index contributed by atoms with van der Waals surface area (Å²) in [6.07, 6.45) is 7.23. The second-order valence-corrected chi connectivity index (χ2v) is 16.6. The number of ketones is 1. The summed E-state index contributed by atoms with van der Waals surface area (Å²) in [5, 5.41) is 16.6. The summed E-state index contributed by atoms with van der Waals surface area (Å²) >= 11 is 0. The Labute approximate surface area is 408 Å². The van der Waals surface area contributed by atoms with Gasteiger partial charge in [0.1, 0.15) is 34.1 Å². The summed E-state index contributed by atoms with van der Waals surface area (Å²) in [4.78, 5) is 77.2. The topological polar surface area (TPSA) is 283 Å². The van der Waals surface area contributed by atoms with Crippen LogP contribution in [0.25, 0.3) is 44.5 Å². The number of amides is 3. The molecule has 0 radical (unpaired) electrons. The number of anilines is 1. The first kappa shape index (κ1) is 50.9. The van der Waals surface area contributed by atoms with Crippen molar-refractivity contribution in [1.82, 2.24) is 49.0 Å². The van der Waals surface area contributed by atoms with Gasteiger partial charge in [0.15, 0.2) is 5.82 Å². The number of carbonyl (C=O) groups is 5. The second kappa shape index (κ2) is 23.1. The Kier molecular flexibility index (Phi) is 16.5. The summed E-state index contributed by atoms with van der Waals surface area (Å²) in [6, 6.07) is 10.1. The standard InChI is InChI=1S/C49H59N13O9/c1-7-61-36(22-29(3)57-61)45-53-28-34-33-24-31(43(50)64)26-39(70-20-12-16-52-15-11-14-38(63)48(67)69-6)41(33)59(46(34)55-45)17-9-10-18-60-42-35(25-32(44(51)65)27-40(42)71-21-13-19-68-5)54-49(60)56-47(66)37-23-30(4)58-62(37)8-2/h9-10,22-28,52H,7-8,11-21H2,1-6H3,(H2,50,64)(H2,51,65)(H,54,56,66)/b10-9+. The zero-order valence-electron chi connectivity index (χ0n) is 40.7. The molecule has 22 heteroatoms. The van der Waals surface area contributed by atoms with Crippen molar-refractivity contribution >= 4 is 68.4 Å². The number of ether oxygens (including phenoxy) is 4. The lowest BCUT2D eigenvalue weighted by Crippen LogP contribution is -2.21. The Morgan fingerprint density at radius 2 is 1.37 bits per heavy atom. The minimum absolute atomic E-state index is 0.0726. The van der Waals surface area contributed by atoms with Crippen molar-refractivity contribution < 1.29 is 42.9 Å². The molecule has 374 valence electrons. The van der Waals surface area contributed by atoms with Crippen LogP contribution in [0.5, 0.6) is 11.5 Å². The van der Waals surface area contributed by atoms with Gasteiger partial charge in [0.2, 0.25) is 23.5 Å².